The fourth-order valence-electron chi connectivity index (χ4n) is 1.88. The zero-order valence-electron chi connectivity index (χ0n) is 15.0. The van der Waals surface area contributed by atoms with E-state index in [1.54, 1.807) is 24.3 Å². The first-order valence-corrected chi connectivity index (χ1v) is 8.70. The molecule has 1 heterocycles. The molecular formula is C16H13BrF6N4O3. The Morgan fingerprint density at radius 2 is 1.47 bits per heavy atom. The maximum absolute atomic E-state index is 12.4. The van der Waals surface area contributed by atoms with E-state index in [4.69, 9.17) is 0 Å². The number of nitrogens with zero attached hydrogens (tertiary/aromatic N) is 3. The van der Waals surface area contributed by atoms with Gasteiger partial charge in [0.15, 0.2) is 13.2 Å². The van der Waals surface area contributed by atoms with E-state index in [2.05, 4.69) is 40.7 Å². The Balaban J connectivity index is 2.20. The van der Waals surface area contributed by atoms with Gasteiger partial charge in [-0.3, -0.25) is 10.2 Å². The third-order valence-corrected chi connectivity index (χ3v) is 3.71. The molecule has 0 unspecified atom stereocenters. The highest BCUT2D eigenvalue weighted by atomic mass is 79.9. The summed E-state index contributed by atoms with van der Waals surface area (Å²) in [5.41, 5.74) is 0.439. The van der Waals surface area contributed by atoms with Crippen LogP contribution in [0.15, 0.2) is 34.8 Å². The molecule has 0 atom stereocenters. The quantitative estimate of drug-likeness (QED) is 0.574. The lowest BCUT2D eigenvalue weighted by Gasteiger charge is -2.18. The van der Waals surface area contributed by atoms with Crippen molar-refractivity contribution in [2.75, 3.05) is 30.5 Å². The van der Waals surface area contributed by atoms with Gasteiger partial charge in [-0.05, 0) is 24.3 Å². The largest absolute Gasteiger partial charge is 0.468 e. The number of nitrogens with one attached hydrogen (secondary N) is 1. The number of rotatable bonds is 6. The van der Waals surface area contributed by atoms with Crippen molar-refractivity contribution in [2.45, 2.75) is 12.4 Å². The number of benzene rings is 1. The number of ether oxygens (including phenoxy) is 2. The van der Waals surface area contributed by atoms with Crippen LogP contribution in [0.2, 0.25) is 0 Å². The minimum atomic E-state index is -4.72. The van der Waals surface area contributed by atoms with E-state index in [1.807, 2.05) is 0 Å². The summed E-state index contributed by atoms with van der Waals surface area (Å²) >= 11 is 3.23. The summed E-state index contributed by atoms with van der Waals surface area (Å²) in [5.74, 6) is -2.08. The molecule has 2 amide bonds. The minimum absolute atomic E-state index is 0.439. The van der Waals surface area contributed by atoms with E-state index in [0.717, 1.165) is 9.37 Å². The molecule has 0 aliphatic heterocycles. The molecule has 0 aliphatic rings. The van der Waals surface area contributed by atoms with E-state index in [0.29, 0.717) is 11.8 Å². The van der Waals surface area contributed by atoms with Gasteiger partial charge in [-0.1, -0.05) is 15.9 Å². The number of amides is 2. The highest BCUT2D eigenvalue weighted by Crippen LogP contribution is 2.24. The molecule has 2 rings (SSSR count). The Hall–Kier alpha value is -2.77. The summed E-state index contributed by atoms with van der Waals surface area (Å²) in [6.45, 7) is -3.51. The maximum Gasteiger partial charge on any atom is 0.422 e. The number of halogens is 7. The molecular weight excluding hydrogens is 490 g/mol. The first kappa shape index (κ1) is 23.5. The van der Waals surface area contributed by atoms with Crippen molar-refractivity contribution in [2.24, 2.45) is 0 Å². The summed E-state index contributed by atoms with van der Waals surface area (Å²) in [6.07, 6.45) is -9.44. The van der Waals surface area contributed by atoms with Crippen molar-refractivity contribution in [1.29, 1.82) is 0 Å². The second-order valence-electron chi connectivity index (χ2n) is 5.64. The lowest BCUT2D eigenvalue weighted by molar-refractivity contribution is -0.154. The molecule has 1 aromatic heterocycles. The number of aromatic nitrogens is 2. The molecule has 0 saturated heterocycles. The minimum Gasteiger partial charge on any atom is -0.468 e. The highest BCUT2D eigenvalue weighted by molar-refractivity contribution is 9.10. The third-order valence-electron chi connectivity index (χ3n) is 3.18. The topological polar surface area (TPSA) is 76.6 Å². The normalized spacial score (nSPS) is 11.7. The molecule has 1 aromatic carbocycles. The van der Waals surface area contributed by atoms with Crippen LogP contribution in [0.5, 0.6) is 11.8 Å². The molecule has 7 nitrogen and oxygen atoms in total. The Kier molecular flexibility index (Phi) is 7.34. The van der Waals surface area contributed by atoms with Crippen LogP contribution in [0.4, 0.5) is 42.8 Å². The second-order valence-corrected chi connectivity index (χ2v) is 6.56. The van der Waals surface area contributed by atoms with Crippen molar-refractivity contribution in [3.05, 3.63) is 34.8 Å². The van der Waals surface area contributed by atoms with Crippen LogP contribution < -0.4 is 19.7 Å². The van der Waals surface area contributed by atoms with Crippen LogP contribution in [0, 0.1) is 0 Å². The van der Waals surface area contributed by atoms with Gasteiger partial charge in [0.2, 0.25) is 17.7 Å². The monoisotopic (exact) mass is 502 g/mol. The van der Waals surface area contributed by atoms with Crippen molar-refractivity contribution in [1.82, 2.24) is 9.97 Å². The van der Waals surface area contributed by atoms with Crippen LogP contribution >= 0.6 is 15.9 Å². The predicted molar refractivity (Wildman–Crippen MR) is 96.7 cm³/mol. The molecule has 14 heteroatoms. The van der Waals surface area contributed by atoms with E-state index < -0.39 is 49.3 Å². The molecule has 0 radical (unpaired) electrons. The van der Waals surface area contributed by atoms with Gasteiger partial charge < -0.3 is 9.47 Å². The van der Waals surface area contributed by atoms with Crippen LogP contribution in [0.25, 0.3) is 0 Å². The molecule has 0 spiro atoms. The molecule has 0 fully saturated rings. The standard InChI is InChI=1S/C16H13BrF6N4O3/c1-27(10-4-2-9(17)3-5-10)14(28)26-13-24-11(29-7-15(18,19)20)6-12(25-13)30-8-16(21,22)23/h2-6H,7-8H2,1H3,(H,24,25,26,28). The van der Waals surface area contributed by atoms with Gasteiger partial charge >= 0.3 is 18.4 Å². The fraction of sp³-hybridized carbons (Fsp3) is 0.312. The predicted octanol–water partition coefficient (Wildman–Crippen LogP) is 4.79. The van der Waals surface area contributed by atoms with E-state index in [9.17, 15) is 31.1 Å². The van der Waals surface area contributed by atoms with Crippen LogP contribution in [0.3, 0.4) is 0 Å². The lowest BCUT2D eigenvalue weighted by Crippen LogP contribution is -2.32. The summed E-state index contributed by atoms with van der Waals surface area (Å²) in [4.78, 5) is 20.6. The average Bonchev–Trinajstić information content (AvgIpc) is 2.63. The van der Waals surface area contributed by atoms with Crippen molar-refractivity contribution < 1.29 is 40.6 Å². The van der Waals surface area contributed by atoms with Gasteiger partial charge in [0.05, 0.1) is 6.07 Å². The summed E-state index contributed by atoms with van der Waals surface area (Å²) in [7, 11) is 1.38. The summed E-state index contributed by atoms with van der Waals surface area (Å²) < 4.78 is 83.7. The highest BCUT2D eigenvalue weighted by Gasteiger charge is 2.30. The van der Waals surface area contributed by atoms with Gasteiger partial charge in [-0.25, -0.2) is 4.79 Å². The number of hydrogen-bond acceptors (Lipinski definition) is 5. The van der Waals surface area contributed by atoms with Crippen LogP contribution in [-0.4, -0.2) is 48.6 Å². The molecule has 164 valence electrons. The fourth-order valence-corrected chi connectivity index (χ4v) is 2.15. The molecule has 0 bridgehead atoms. The number of hydrogen-bond donors (Lipinski definition) is 1. The SMILES string of the molecule is CN(C(=O)Nc1nc(OCC(F)(F)F)cc(OCC(F)(F)F)n1)c1ccc(Br)cc1. The van der Waals surface area contributed by atoms with Gasteiger partial charge in [0.25, 0.3) is 0 Å². The summed E-state index contributed by atoms with van der Waals surface area (Å²) in [5, 5.41) is 2.16. The Bertz CT molecular complexity index is 841. The maximum atomic E-state index is 12.4. The average molecular weight is 503 g/mol. The number of alkyl halides is 6. The zero-order valence-corrected chi connectivity index (χ0v) is 16.6. The molecule has 1 N–H and O–H groups in total. The smallest absolute Gasteiger partial charge is 0.422 e. The van der Waals surface area contributed by atoms with Crippen LogP contribution in [0.1, 0.15) is 0 Å². The molecule has 0 aliphatic carbocycles. The first-order chi connectivity index (χ1) is 13.8. The first-order valence-electron chi connectivity index (χ1n) is 7.91. The number of anilines is 2. The number of urea groups is 1. The van der Waals surface area contributed by atoms with E-state index >= 15 is 0 Å². The van der Waals surface area contributed by atoms with E-state index in [1.165, 1.54) is 7.05 Å². The van der Waals surface area contributed by atoms with Crippen molar-refractivity contribution in [3.8, 4) is 11.8 Å². The van der Waals surface area contributed by atoms with Crippen molar-refractivity contribution >= 4 is 33.6 Å². The van der Waals surface area contributed by atoms with E-state index in [-0.39, 0.29) is 0 Å². The van der Waals surface area contributed by atoms with Crippen molar-refractivity contribution in [3.63, 3.8) is 0 Å². The lowest BCUT2D eigenvalue weighted by atomic mass is 10.3. The third kappa shape index (κ3) is 7.93. The van der Waals surface area contributed by atoms with Gasteiger partial charge in [-0.15, -0.1) is 0 Å². The van der Waals surface area contributed by atoms with Gasteiger partial charge in [0.1, 0.15) is 0 Å². The Labute approximate surface area is 174 Å². The molecule has 2 aromatic rings. The summed E-state index contributed by atoms with van der Waals surface area (Å²) in [6, 6.07) is 6.32. The Morgan fingerprint density at radius 1 is 1.00 bits per heavy atom. The number of carbonyl (C=O) groups excluding carboxylic acids is 1. The molecule has 0 saturated carbocycles. The van der Waals surface area contributed by atoms with Crippen LogP contribution in [-0.2, 0) is 0 Å². The van der Waals surface area contributed by atoms with Gasteiger partial charge in [0, 0.05) is 17.2 Å². The number of carbonyl (C=O) groups is 1. The second kappa shape index (κ2) is 9.36. The molecule has 30 heavy (non-hydrogen) atoms. The van der Waals surface area contributed by atoms with Gasteiger partial charge in [-0.2, -0.15) is 36.3 Å². The zero-order chi connectivity index (χ0) is 22.5. The Morgan fingerprint density at radius 3 is 1.90 bits per heavy atom.